The molecule has 1 aromatic rings. The molecule has 2 unspecified atom stereocenters. The van der Waals surface area contributed by atoms with Crippen LogP contribution in [0.25, 0.3) is 0 Å². The first-order valence-electron chi connectivity index (χ1n) is 5.96. The van der Waals surface area contributed by atoms with E-state index in [0.717, 1.165) is 17.9 Å². The van der Waals surface area contributed by atoms with Crippen LogP contribution < -0.4 is 10.5 Å². The van der Waals surface area contributed by atoms with Gasteiger partial charge in [-0.25, -0.2) is 0 Å². The topological polar surface area (TPSA) is 48.1 Å². The maximum atomic E-state index is 6.53. The molecule has 88 valence electrons. The molecule has 0 amide bonds. The van der Waals surface area contributed by atoms with Gasteiger partial charge in [0.1, 0.15) is 5.75 Å². The van der Waals surface area contributed by atoms with Gasteiger partial charge in [-0.3, -0.25) is 4.98 Å². The molecule has 0 aliphatic heterocycles. The van der Waals surface area contributed by atoms with Crippen molar-refractivity contribution in [3.8, 4) is 5.75 Å². The van der Waals surface area contributed by atoms with Crippen LogP contribution in [-0.4, -0.2) is 12.1 Å². The molecule has 0 aromatic carbocycles. The highest BCUT2D eigenvalue weighted by atomic mass is 16.5. The monoisotopic (exact) mass is 220 g/mol. The van der Waals surface area contributed by atoms with Gasteiger partial charge in [-0.1, -0.05) is 19.8 Å². The van der Waals surface area contributed by atoms with Crippen LogP contribution in [0.5, 0.6) is 5.75 Å². The third-order valence-electron chi connectivity index (χ3n) is 3.80. The van der Waals surface area contributed by atoms with Crippen molar-refractivity contribution < 1.29 is 4.74 Å². The van der Waals surface area contributed by atoms with E-state index < -0.39 is 0 Å². The molecule has 2 atom stereocenters. The van der Waals surface area contributed by atoms with E-state index in [9.17, 15) is 0 Å². The molecule has 0 bridgehead atoms. The number of hydrogen-bond acceptors (Lipinski definition) is 3. The summed E-state index contributed by atoms with van der Waals surface area (Å²) >= 11 is 0. The van der Waals surface area contributed by atoms with Crippen LogP contribution >= 0.6 is 0 Å². The van der Waals surface area contributed by atoms with Crippen molar-refractivity contribution in [3.05, 3.63) is 24.0 Å². The van der Waals surface area contributed by atoms with Crippen molar-refractivity contribution in [2.45, 2.75) is 38.1 Å². The van der Waals surface area contributed by atoms with E-state index >= 15 is 0 Å². The van der Waals surface area contributed by atoms with Crippen molar-refractivity contribution in [2.75, 3.05) is 7.11 Å². The summed E-state index contributed by atoms with van der Waals surface area (Å²) in [6, 6.07) is 3.84. The first-order chi connectivity index (χ1) is 7.66. The minimum atomic E-state index is -0.271. The van der Waals surface area contributed by atoms with Crippen molar-refractivity contribution in [1.29, 1.82) is 0 Å². The Kier molecular flexibility index (Phi) is 3.15. The molecule has 1 fully saturated rings. The first-order valence-corrected chi connectivity index (χ1v) is 5.96. The Labute approximate surface area is 97.0 Å². The number of hydrogen-bond donors (Lipinski definition) is 1. The van der Waals surface area contributed by atoms with Crippen molar-refractivity contribution >= 4 is 0 Å². The van der Waals surface area contributed by atoms with E-state index in [1.165, 1.54) is 19.3 Å². The quantitative estimate of drug-likeness (QED) is 0.832. The lowest BCUT2D eigenvalue weighted by atomic mass is 9.72. The van der Waals surface area contributed by atoms with Crippen LogP contribution in [0, 0.1) is 5.92 Å². The summed E-state index contributed by atoms with van der Waals surface area (Å²) in [5.41, 5.74) is 7.23. The highest BCUT2D eigenvalue weighted by Gasteiger charge is 2.37. The van der Waals surface area contributed by atoms with E-state index in [4.69, 9.17) is 10.5 Å². The minimum absolute atomic E-state index is 0.271. The van der Waals surface area contributed by atoms with Gasteiger partial charge in [0.2, 0.25) is 0 Å². The van der Waals surface area contributed by atoms with Crippen LogP contribution in [0.3, 0.4) is 0 Å². The summed E-state index contributed by atoms with van der Waals surface area (Å²) in [5.74, 6) is 1.33. The van der Waals surface area contributed by atoms with Gasteiger partial charge >= 0.3 is 0 Å². The number of pyridine rings is 1. The molecule has 1 aliphatic rings. The number of ether oxygens (including phenoxy) is 1. The molecule has 1 saturated carbocycles. The molecule has 1 aliphatic carbocycles. The fourth-order valence-corrected chi connectivity index (χ4v) is 2.55. The van der Waals surface area contributed by atoms with Crippen molar-refractivity contribution in [1.82, 2.24) is 4.98 Å². The first kappa shape index (κ1) is 11.4. The Morgan fingerprint density at radius 1 is 1.50 bits per heavy atom. The van der Waals surface area contributed by atoms with E-state index in [0.29, 0.717) is 5.92 Å². The fraction of sp³-hybridized carbons (Fsp3) is 0.615. The molecule has 3 heteroatoms. The predicted octanol–water partition coefficient (Wildman–Crippen LogP) is 2.45. The number of aromatic nitrogens is 1. The second-order valence-electron chi connectivity index (χ2n) is 4.77. The molecule has 0 radical (unpaired) electrons. The third-order valence-corrected chi connectivity index (χ3v) is 3.80. The Morgan fingerprint density at radius 3 is 3.00 bits per heavy atom. The standard InChI is InChI=1S/C13H20N2O/c1-10-5-3-4-7-13(10,14)12-9-11(16-2)6-8-15-12/h6,8-10H,3-5,7,14H2,1-2H3. The number of nitrogens with zero attached hydrogens (tertiary/aromatic N) is 1. The Bertz CT molecular complexity index is 367. The van der Waals surface area contributed by atoms with Gasteiger partial charge in [0.15, 0.2) is 0 Å². The fourth-order valence-electron chi connectivity index (χ4n) is 2.55. The van der Waals surface area contributed by atoms with Gasteiger partial charge in [-0.15, -0.1) is 0 Å². The smallest absolute Gasteiger partial charge is 0.122 e. The largest absolute Gasteiger partial charge is 0.497 e. The summed E-state index contributed by atoms with van der Waals surface area (Å²) < 4.78 is 5.23. The molecule has 3 nitrogen and oxygen atoms in total. The zero-order chi connectivity index (χ0) is 11.6. The van der Waals surface area contributed by atoms with E-state index in [1.54, 1.807) is 13.3 Å². The lowest BCUT2D eigenvalue weighted by Crippen LogP contribution is -2.45. The summed E-state index contributed by atoms with van der Waals surface area (Å²) in [7, 11) is 1.67. The number of nitrogens with two attached hydrogens (primary N) is 1. The minimum Gasteiger partial charge on any atom is -0.497 e. The molecule has 1 aromatic heterocycles. The van der Waals surface area contributed by atoms with E-state index in [-0.39, 0.29) is 5.54 Å². The molecule has 0 spiro atoms. The summed E-state index contributed by atoms with van der Waals surface area (Å²) in [5, 5.41) is 0. The van der Waals surface area contributed by atoms with Crippen LogP contribution in [-0.2, 0) is 5.54 Å². The second-order valence-corrected chi connectivity index (χ2v) is 4.77. The van der Waals surface area contributed by atoms with Crippen molar-refractivity contribution in [2.24, 2.45) is 11.7 Å². The number of rotatable bonds is 2. The average Bonchev–Trinajstić information content (AvgIpc) is 2.33. The molecule has 2 N–H and O–H groups in total. The van der Waals surface area contributed by atoms with Gasteiger partial charge in [-0.05, 0) is 24.8 Å². The SMILES string of the molecule is COc1ccnc(C2(N)CCCCC2C)c1. The summed E-state index contributed by atoms with van der Waals surface area (Å²) in [6.45, 7) is 2.22. The van der Waals surface area contributed by atoms with E-state index in [2.05, 4.69) is 11.9 Å². The third kappa shape index (κ3) is 1.92. The molecule has 2 rings (SSSR count). The second kappa shape index (κ2) is 4.42. The van der Waals surface area contributed by atoms with Crippen LogP contribution in [0.4, 0.5) is 0 Å². The van der Waals surface area contributed by atoms with Crippen LogP contribution in [0.15, 0.2) is 18.3 Å². The molecule has 0 saturated heterocycles. The Hall–Kier alpha value is -1.09. The predicted molar refractivity (Wildman–Crippen MR) is 64.3 cm³/mol. The lowest BCUT2D eigenvalue weighted by Gasteiger charge is -2.39. The van der Waals surface area contributed by atoms with Gasteiger partial charge in [-0.2, -0.15) is 0 Å². The molecular weight excluding hydrogens is 200 g/mol. The molecule has 1 heterocycles. The summed E-state index contributed by atoms with van der Waals surface area (Å²) in [4.78, 5) is 4.43. The van der Waals surface area contributed by atoms with Gasteiger partial charge in [0.25, 0.3) is 0 Å². The zero-order valence-corrected chi connectivity index (χ0v) is 10.1. The van der Waals surface area contributed by atoms with Gasteiger partial charge in [0, 0.05) is 12.3 Å². The Balaban J connectivity index is 2.33. The average molecular weight is 220 g/mol. The zero-order valence-electron chi connectivity index (χ0n) is 10.1. The normalized spacial score (nSPS) is 30.1. The highest BCUT2D eigenvalue weighted by molar-refractivity contribution is 5.28. The van der Waals surface area contributed by atoms with Crippen molar-refractivity contribution in [3.63, 3.8) is 0 Å². The Morgan fingerprint density at radius 2 is 2.31 bits per heavy atom. The maximum Gasteiger partial charge on any atom is 0.122 e. The molecular formula is C13H20N2O. The maximum absolute atomic E-state index is 6.53. The van der Waals surface area contributed by atoms with Gasteiger partial charge < -0.3 is 10.5 Å². The van der Waals surface area contributed by atoms with Crippen LogP contribution in [0.2, 0.25) is 0 Å². The summed E-state index contributed by atoms with van der Waals surface area (Å²) in [6.07, 6.45) is 6.47. The van der Waals surface area contributed by atoms with Crippen LogP contribution in [0.1, 0.15) is 38.3 Å². The highest BCUT2D eigenvalue weighted by Crippen LogP contribution is 2.39. The van der Waals surface area contributed by atoms with E-state index in [1.807, 2.05) is 12.1 Å². The number of methoxy groups -OCH3 is 1. The molecule has 16 heavy (non-hydrogen) atoms. The van der Waals surface area contributed by atoms with Gasteiger partial charge in [0.05, 0.1) is 18.3 Å². The lowest BCUT2D eigenvalue weighted by molar-refractivity contribution is 0.201.